The highest BCUT2D eigenvalue weighted by Crippen LogP contribution is 2.34. The summed E-state index contributed by atoms with van der Waals surface area (Å²) < 4.78 is 10.3. The lowest BCUT2D eigenvalue weighted by Crippen LogP contribution is -2.07. The molecule has 2 aromatic rings. The van der Waals surface area contributed by atoms with Gasteiger partial charge in [0.25, 0.3) is 0 Å². The molecule has 3 nitrogen and oxygen atoms in total. The van der Waals surface area contributed by atoms with Crippen molar-refractivity contribution in [3.63, 3.8) is 0 Å². The van der Waals surface area contributed by atoms with Crippen LogP contribution in [0.5, 0.6) is 5.75 Å². The highest BCUT2D eigenvalue weighted by atomic mass is 32.2. The molecule has 0 saturated heterocycles. The van der Waals surface area contributed by atoms with Crippen LogP contribution >= 0.6 is 11.8 Å². The van der Waals surface area contributed by atoms with E-state index < -0.39 is 0 Å². The van der Waals surface area contributed by atoms with Crippen LogP contribution in [0.3, 0.4) is 0 Å². The van der Waals surface area contributed by atoms with Gasteiger partial charge in [-0.1, -0.05) is 42.5 Å². The van der Waals surface area contributed by atoms with Gasteiger partial charge in [0.2, 0.25) is 0 Å². The van der Waals surface area contributed by atoms with Crippen LogP contribution in [-0.2, 0) is 4.74 Å². The molecule has 4 heteroatoms. The van der Waals surface area contributed by atoms with E-state index in [-0.39, 0.29) is 11.0 Å². The number of hydrogen-bond acceptors (Lipinski definition) is 4. The van der Waals surface area contributed by atoms with Crippen LogP contribution in [0.1, 0.15) is 27.6 Å². The molecule has 0 radical (unpaired) electrons. The monoisotopic (exact) mass is 330 g/mol. The maximum Gasteiger partial charge on any atom is 0.164 e. The van der Waals surface area contributed by atoms with Crippen LogP contribution < -0.4 is 4.74 Å². The predicted molar refractivity (Wildman–Crippen MR) is 95.5 cm³/mol. The van der Waals surface area contributed by atoms with E-state index in [2.05, 4.69) is 0 Å². The summed E-state index contributed by atoms with van der Waals surface area (Å²) in [7, 11) is 3.34. The summed E-state index contributed by atoms with van der Waals surface area (Å²) in [5, 5.41) is 0.115. The fourth-order valence-electron chi connectivity index (χ4n) is 2.28. The van der Waals surface area contributed by atoms with Gasteiger partial charge in [0.15, 0.2) is 5.78 Å². The summed E-state index contributed by atoms with van der Waals surface area (Å²) in [5.41, 5.74) is 1.90. The van der Waals surface area contributed by atoms with Crippen molar-refractivity contribution in [3.05, 3.63) is 65.7 Å². The number of benzene rings is 2. The van der Waals surface area contributed by atoms with Crippen LogP contribution in [-0.4, -0.2) is 32.4 Å². The maximum atomic E-state index is 12.5. The maximum absolute atomic E-state index is 12.5. The summed E-state index contributed by atoms with van der Waals surface area (Å²) in [6.07, 6.45) is 0.477. The first-order valence-corrected chi connectivity index (χ1v) is 8.62. The average Bonchev–Trinajstić information content (AvgIpc) is 2.62. The molecule has 0 amide bonds. The van der Waals surface area contributed by atoms with Crippen LogP contribution in [0.15, 0.2) is 54.6 Å². The molecule has 0 N–H and O–H groups in total. The third kappa shape index (κ3) is 5.41. The smallest absolute Gasteiger partial charge is 0.164 e. The van der Waals surface area contributed by atoms with Gasteiger partial charge in [-0.2, -0.15) is 11.8 Å². The minimum Gasteiger partial charge on any atom is -0.497 e. The Hall–Kier alpha value is -1.78. The first-order chi connectivity index (χ1) is 11.2. The van der Waals surface area contributed by atoms with Crippen molar-refractivity contribution in [3.8, 4) is 5.75 Å². The minimum atomic E-state index is 0.115. The van der Waals surface area contributed by atoms with Crippen LogP contribution in [0, 0.1) is 0 Å². The summed E-state index contributed by atoms with van der Waals surface area (Å²) in [6.45, 7) is 0.677. The van der Waals surface area contributed by atoms with E-state index in [0.29, 0.717) is 13.0 Å². The lowest BCUT2D eigenvalue weighted by atomic mass is 10.0. The Bertz CT molecular complexity index is 596. The molecule has 122 valence electrons. The Morgan fingerprint density at radius 3 is 2.35 bits per heavy atom. The lowest BCUT2D eigenvalue weighted by molar-refractivity contribution is 0.0982. The summed E-state index contributed by atoms with van der Waals surface area (Å²) >= 11 is 1.75. The van der Waals surface area contributed by atoms with Crippen LogP contribution in [0.2, 0.25) is 0 Å². The van der Waals surface area contributed by atoms with E-state index in [9.17, 15) is 4.79 Å². The van der Waals surface area contributed by atoms with Crippen molar-refractivity contribution in [2.24, 2.45) is 0 Å². The molecular formula is C19H22O3S. The normalized spacial score (nSPS) is 11.9. The summed E-state index contributed by atoms with van der Waals surface area (Å²) in [4.78, 5) is 12.5. The van der Waals surface area contributed by atoms with E-state index in [1.165, 1.54) is 0 Å². The first-order valence-electron chi connectivity index (χ1n) is 7.57. The number of hydrogen-bond donors (Lipinski definition) is 0. The fraction of sp³-hybridized carbons (Fsp3) is 0.316. The van der Waals surface area contributed by atoms with Gasteiger partial charge in [-0.3, -0.25) is 4.79 Å². The third-order valence-corrected chi connectivity index (χ3v) is 4.80. The number of carbonyl (C=O) groups is 1. The zero-order valence-corrected chi connectivity index (χ0v) is 14.3. The second-order valence-electron chi connectivity index (χ2n) is 5.12. The van der Waals surface area contributed by atoms with Gasteiger partial charge in [0.05, 0.1) is 13.7 Å². The zero-order chi connectivity index (χ0) is 16.5. The van der Waals surface area contributed by atoms with Gasteiger partial charge in [-0.05, 0) is 17.7 Å². The number of Topliss-reactive ketones (excluding diaryl/α,β-unsaturated/α-hetero) is 1. The quantitative estimate of drug-likeness (QED) is 0.505. The highest BCUT2D eigenvalue weighted by Gasteiger charge is 2.17. The molecule has 2 rings (SSSR count). The Labute approximate surface area is 142 Å². The first kappa shape index (κ1) is 17.6. The molecular weight excluding hydrogens is 308 g/mol. The Kier molecular flexibility index (Phi) is 7.17. The van der Waals surface area contributed by atoms with E-state index >= 15 is 0 Å². The molecule has 0 fully saturated rings. The molecule has 0 heterocycles. The standard InChI is InChI=1S/C19H22O3S/c1-21-12-13-23-19(16-8-10-17(22-2)11-9-16)14-18(20)15-6-4-3-5-7-15/h3-11,19H,12-14H2,1-2H3. The van der Waals surface area contributed by atoms with Crippen molar-refractivity contribution in [1.82, 2.24) is 0 Å². The number of ether oxygens (including phenoxy) is 2. The van der Waals surface area contributed by atoms with Crippen molar-refractivity contribution in [1.29, 1.82) is 0 Å². The fourth-order valence-corrected chi connectivity index (χ4v) is 3.44. The number of methoxy groups -OCH3 is 2. The summed E-state index contributed by atoms with van der Waals surface area (Å²) in [5.74, 6) is 1.84. The predicted octanol–water partition coefficient (Wildman–Crippen LogP) is 4.39. The number of carbonyl (C=O) groups excluding carboxylic acids is 1. The molecule has 23 heavy (non-hydrogen) atoms. The number of rotatable bonds is 9. The molecule has 0 saturated carbocycles. The SMILES string of the molecule is COCCSC(CC(=O)c1ccccc1)c1ccc(OC)cc1. The minimum absolute atomic E-state index is 0.115. The molecule has 1 unspecified atom stereocenters. The van der Waals surface area contributed by atoms with Gasteiger partial charge in [-0.25, -0.2) is 0 Å². The third-order valence-electron chi connectivity index (χ3n) is 3.56. The topological polar surface area (TPSA) is 35.5 Å². The molecule has 0 spiro atoms. The van der Waals surface area contributed by atoms with E-state index in [1.807, 2.05) is 54.6 Å². The van der Waals surface area contributed by atoms with Crippen LogP contribution in [0.25, 0.3) is 0 Å². The van der Waals surface area contributed by atoms with Crippen molar-refractivity contribution in [2.45, 2.75) is 11.7 Å². The molecule has 0 aliphatic carbocycles. The number of thioether (sulfide) groups is 1. The van der Waals surface area contributed by atoms with Gasteiger partial charge < -0.3 is 9.47 Å². The van der Waals surface area contributed by atoms with Gasteiger partial charge in [0, 0.05) is 30.1 Å². The summed E-state index contributed by atoms with van der Waals surface area (Å²) in [6, 6.07) is 17.4. The lowest BCUT2D eigenvalue weighted by Gasteiger charge is -2.17. The highest BCUT2D eigenvalue weighted by molar-refractivity contribution is 7.99. The Morgan fingerprint density at radius 1 is 1.04 bits per heavy atom. The Morgan fingerprint density at radius 2 is 1.74 bits per heavy atom. The Balaban J connectivity index is 2.11. The van der Waals surface area contributed by atoms with Gasteiger partial charge in [-0.15, -0.1) is 0 Å². The second-order valence-corrected chi connectivity index (χ2v) is 6.43. The molecule has 1 atom stereocenters. The zero-order valence-electron chi connectivity index (χ0n) is 13.5. The van der Waals surface area contributed by atoms with Gasteiger partial charge in [0.1, 0.15) is 5.75 Å². The largest absolute Gasteiger partial charge is 0.497 e. The van der Waals surface area contributed by atoms with Crippen LogP contribution in [0.4, 0.5) is 0 Å². The van der Waals surface area contributed by atoms with Crippen molar-refractivity contribution >= 4 is 17.5 Å². The van der Waals surface area contributed by atoms with Crippen molar-refractivity contribution < 1.29 is 14.3 Å². The van der Waals surface area contributed by atoms with Gasteiger partial charge >= 0.3 is 0 Å². The molecule has 2 aromatic carbocycles. The molecule has 0 bridgehead atoms. The average molecular weight is 330 g/mol. The second kappa shape index (κ2) is 9.38. The molecule has 0 aliphatic heterocycles. The molecule has 0 aliphatic rings. The molecule has 0 aromatic heterocycles. The number of ketones is 1. The van der Waals surface area contributed by atoms with E-state index in [4.69, 9.17) is 9.47 Å². The van der Waals surface area contributed by atoms with E-state index in [1.54, 1.807) is 26.0 Å². The van der Waals surface area contributed by atoms with Crippen molar-refractivity contribution in [2.75, 3.05) is 26.6 Å². The van der Waals surface area contributed by atoms with E-state index in [0.717, 1.165) is 22.6 Å².